The van der Waals surface area contributed by atoms with Crippen molar-refractivity contribution < 1.29 is 4.92 Å². The van der Waals surface area contributed by atoms with E-state index in [1.165, 1.54) is 6.20 Å². The van der Waals surface area contributed by atoms with E-state index < -0.39 is 4.92 Å². The Labute approximate surface area is 121 Å². The largest absolute Gasteiger partial charge is 0.358 e. The van der Waals surface area contributed by atoms with Crippen molar-refractivity contribution >= 4 is 17.5 Å². The Morgan fingerprint density at radius 3 is 2.62 bits per heavy atom. The zero-order valence-corrected chi connectivity index (χ0v) is 11.7. The van der Waals surface area contributed by atoms with Crippen molar-refractivity contribution in [2.75, 3.05) is 17.2 Å². The van der Waals surface area contributed by atoms with Gasteiger partial charge in [0.25, 0.3) is 0 Å². The van der Waals surface area contributed by atoms with Gasteiger partial charge in [0, 0.05) is 12.7 Å². The molecule has 2 heterocycles. The standard InChI is InChI=1S/C12H15N7O2/c1-3-13-12-17-7-10(19(20)21)11(18-12)16-6-9-5-14-8(2)4-15-9/h4-5,7H,3,6H2,1-2H3,(H2,13,16,17,18). The second-order valence-corrected chi connectivity index (χ2v) is 4.22. The van der Waals surface area contributed by atoms with Crippen LogP contribution in [0.4, 0.5) is 17.5 Å². The van der Waals surface area contributed by atoms with E-state index in [9.17, 15) is 10.1 Å². The quantitative estimate of drug-likeness (QED) is 0.607. The van der Waals surface area contributed by atoms with Gasteiger partial charge in [0.15, 0.2) is 0 Å². The number of nitrogens with zero attached hydrogens (tertiary/aromatic N) is 5. The molecule has 9 nitrogen and oxygen atoms in total. The molecule has 0 aliphatic carbocycles. The molecule has 2 aromatic heterocycles. The van der Waals surface area contributed by atoms with Gasteiger partial charge in [-0.15, -0.1) is 0 Å². The van der Waals surface area contributed by atoms with Gasteiger partial charge in [0.2, 0.25) is 11.8 Å². The van der Waals surface area contributed by atoms with E-state index in [4.69, 9.17) is 0 Å². The third-order valence-corrected chi connectivity index (χ3v) is 2.57. The van der Waals surface area contributed by atoms with Crippen LogP contribution in [0, 0.1) is 17.0 Å². The molecule has 9 heteroatoms. The first-order chi connectivity index (χ1) is 10.1. The molecule has 0 aliphatic heterocycles. The number of hydrogen-bond donors (Lipinski definition) is 2. The van der Waals surface area contributed by atoms with Crippen molar-refractivity contribution in [2.45, 2.75) is 20.4 Å². The highest BCUT2D eigenvalue weighted by atomic mass is 16.6. The lowest BCUT2D eigenvalue weighted by Gasteiger charge is -2.07. The number of rotatable bonds is 6. The van der Waals surface area contributed by atoms with Crippen molar-refractivity contribution in [3.05, 3.63) is 40.1 Å². The summed E-state index contributed by atoms with van der Waals surface area (Å²) in [7, 11) is 0. The molecule has 0 fully saturated rings. The van der Waals surface area contributed by atoms with Gasteiger partial charge < -0.3 is 10.6 Å². The van der Waals surface area contributed by atoms with Crippen molar-refractivity contribution in [3.8, 4) is 0 Å². The van der Waals surface area contributed by atoms with Crippen LogP contribution in [0.2, 0.25) is 0 Å². The Bertz CT molecular complexity index is 630. The minimum atomic E-state index is -0.529. The number of nitrogens with one attached hydrogen (secondary N) is 2. The summed E-state index contributed by atoms with van der Waals surface area (Å²) in [4.78, 5) is 26.7. The first-order valence-corrected chi connectivity index (χ1v) is 6.37. The highest BCUT2D eigenvalue weighted by Gasteiger charge is 2.17. The van der Waals surface area contributed by atoms with Crippen molar-refractivity contribution in [3.63, 3.8) is 0 Å². The van der Waals surface area contributed by atoms with E-state index in [1.807, 2.05) is 13.8 Å². The van der Waals surface area contributed by atoms with E-state index in [0.717, 1.165) is 5.69 Å². The van der Waals surface area contributed by atoms with Crippen molar-refractivity contribution in [1.29, 1.82) is 0 Å². The third kappa shape index (κ3) is 3.81. The Kier molecular flexibility index (Phi) is 4.54. The molecule has 0 radical (unpaired) electrons. The van der Waals surface area contributed by atoms with Gasteiger partial charge >= 0.3 is 5.69 Å². The maximum absolute atomic E-state index is 11.0. The highest BCUT2D eigenvalue weighted by molar-refractivity contribution is 5.56. The predicted octanol–water partition coefficient (Wildman–Crippen LogP) is 1.53. The van der Waals surface area contributed by atoms with Crippen molar-refractivity contribution in [2.24, 2.45) is 0 Å². The molecular weight excluding hydrogens is 274 g/mol. The van der Waals surface area contributed by atoms with Gasteiger partial charge in [-0.05, 0) is 13.8 Å². The SMILES string of the molecule is CCNc1ncc([N+](=O)[O-])c(NCc2cnc(C)cn2)n1. The fourth-order valence-electron chi connectivity index (χ4n) is 1.57. The zero-order chi connectivity index (χ0) is 15.2. The molecule has 0 aromatic carbocycles. The molecule has 0 atom stereocenters. The number of hydrogen-bond acceptors (Lipinski definition) is 8. The predicted molar refractivity (Wildman–Crippen MR) is 76.9 cm³/mol. The van der Waals surface area contributed by atoms with E-state index in [-0.39, 0.29) is 18.1 Å². The van der Waals surface area contributed by atoms with Crippen LogP contribution in [-0.4, -0.2) is 31.4 Å². The summed E-state index contributed by atoms with van der Waals surface area (Å²) in [6.45, 7) is 4.64. The molecule has 2 N–H and O–H groups in total. The third-order valence-electron chi connectivity index (χ3n) is 2.57. The molecule has 0 aliphatic rings. The molecule has 2 rings (SSSR count). The van der Waals surface area contributed by atoms with Crippen LogP contribution in [0.25, 0.3) is 0 Å². The summed E-state index contributed by atoms with van der Waals surface area (Å²) in [6, 6.07) is 0. The smallest absolute Gasteiger partial charge is 0.329 e. The lowest BCUT2D eigenvalue weighted by Crippen LogP contribution is -2.10. The molecule has 2 aromatic rings. The van der Waals surface area contributed by atoms with Gasteiger partial charge in [-0.3, -0.25) is 20.1 Å². The number of aromatic nitrogens is 4. The fraction of sp³-hybridized carbons (Fsp3) is 0.333. The number of nitro groups is 1. The van der Waals surface area contributed by atoms with E-state index in [2.05, 4.69) is 30.6 Å². The molecule has 0 saturated carbocycles. The monoisotopic (exact) mass is 289 g/mol. The summed E-state index contributed by atoms with van der Waals surface area (Å²) in [6.07, 6.45) is 4.42. The minimum Gasteiger partial charge on any atom is -0.358 e. The van der Waals surface area contributed by atoms with Crippen LogP contribution in [0.3, 0.4) is 0 Å². The van der Waals surface area contributed by atoms with Crippen LogP contribution in [0.5, 0.6) is 0 Å². The minimum absolute atomic E-state index is 0.147. The zero-order valence-electron chi connectivity index (χ0n) is 11.7. The van der Waals surface area contributed by atoms with Crippen molar-refractivity contribution in [1.82, 2.24) is 19.9 Å². The molecule has 0 unspecified atom stereocenters. The van der Waals surface area contributed by atoms with Gasteiger partial charge in [-0.25, -0.2) is 4.98 Å². The Morgan fingerprint density at radius 1 is 1.19 bits per heavy atom. The van der Waals surface area contributed by atoms with E-state index in [0.29, 0.717) is 18.2 Å². The van der Waals surface area contributed by atoms with Crippen LogP contribution in [-0.2, 0) is 6.54 Å². The molecule has 21 heavy (non-hydrogen) atoms. The first kappa shape index (κ1) is 14.6. The Hall–Kier alpha value is -2.84. The average Bonchev–Trinajstić information content (AvgIpc) is 2.47. The summed E-state index contributed by atoms with van der Waals surface area (Å²) >= 11 is 0. The normalized spacial score (nSPS) is 10.2. The molecule has 0 amide bonds. The lowest BCUT2D eigenvalue weighted by atomic mass is 10.4. The molecule has 0 spiro atoms. The van der Waals surface area contributed by atoms with Gasteiger partial charge in [-0.2, -0.15) is 4.98 Å². The lowest BCUT2D eigenvalue weighted by molar-refractivity contribution is -0.384. The highest BCUT2D eigenvalue weighted by Crippen LogP contribution is 2.22. The molecule has 0 bridgehead atoms. The number of anilines is 2. The maximum Gasteiger partial charge on any atom is 0.329 e. The Balaban J connectivity index is 2.18. The summed E-state index contributed by atoms with van der Waals surface area (Å²) in [5, 5.41) is 16.8. The van der Waals surface area contributed by atoms with Gasteiger partial charge in [-0.1, -0.05) is 0 Å². The van der Waals surface area contributed by atoms with Gasteiger partial charge in [0.05, 0.1) is 29.1 Å². The van der Waals surface area contributed by atoms with Crippen LogP contribution < -0.4 is 10.6 Å². The number of aryl methyl sites for hydroxylation is 1. The van der Waals surface area contributed by atoms with E-state index in [1.54, 1.807) is 12.4 Å². The molecular formula is C12H15N7O2. The molecule has 0 saturated heterocycles. The summed E-state index contributed by atoms with van der Waals surface area (Å²) < 4.78 is 0. The van der Waals surface area contributed by atoms with Gasteiger partial charge in [0.1, 0.15) is 6.20 Å². The van der Waals surface area contributed by atoms with E-state index >= 15 is 0 Å². The second-order valence-electron chi connectivity index (χ2n) is 4.22. The average molecular weight is 289 g/mol. The van der Waals surface area contributed by atoms with Crippen LogP contribution in [0.1, 0.15) is 18.3 Å². The Morgan fingerprint density at radius 2 is 2.00 bits per heavy atom. The van der Waals surface area contributed by atoms with Crippen LogP contribution >= 0.6 is 0 Å². The second kappa shape index (κ2) is 6.55. The summed E-state index contributed by atoms with van der Waals surface area (Å²) in [5.74, 6) is 0.480. The first-order valence-electron chi connectivity index (χ1n) is 6.37. The topological polar surface area (TPSA) is 119 Å². The van der Waals surface area contributed by atoms with Crippen LogP contribution in [0.15, 0.2) is 18.6 Å². The fourth-order valence-corrected chi connectivity index (χ4v) is 1.57. The summed E-state index contributed by atoms with van der Waals surface area (Å²) in [5.41, 5.74) is 1.29. The maximum atomic E-state index is 11.0. The molecule has 110 valence electrons.